The van der Waals surface area contributed by atoms with E-state index in [1.165, 1.54) is 0 Å². The number of nitrogens with one attached hydrogen (secondary N) is 1. The molecule has 19 heavy (non-hydrogen) atoms. The molecule has 1 saturated carbocycles. The first-order valence-electron chi connectivity index (χ1n) is 7.04. The summed E-state index contributed by atoms with van der Waals surface area (Å²) in [4.78, 5) is 0. The molecule has 2 rings (SSSR count). The van der Waals surface area contributed by atoms with Gasteiger partial charge in [0, 0.05) is 49.5 Å². The highest BCUT2D eigenvalue weighted by Crippen LogP contribution is 2.42. The largest absolute Gasteiger partial charge is 0.378 e. The predicted molar refractivity (Wildman–Crippen MR) is 75.7 cm³/mol. The number of nitrogens with two attached hydrogens (primary N) is 1. The third-order valence-corrected chi connectivity index (χ3v) is 4.28. The summed E-state index contributed by atoms with van der Waals surface area (Å²) in [6.45, 7) is 8.12. The van der Waals surface area contributed by atoms with Crippen LogP contribution in [-0.2, 0) is 11.8 Å². The van der Waals surface area contributed by atoms with Crippen molar-refractivity contribution in [1.82, 2.24) is 15.1 Å². The Hall–Kier alpha value is -0.910. The first kappa shape index (κ1) is 14.5. The molecule has 0 saturated heterocycles. The molecule has 1 aromatic rings. The summed E-state index contributed by atoms with van der Waals surface area (Å²) in [6.07, 6.45) is 5.24. The topological polar surface area (TPSA) is 65.1 Å². The molecule has 5 heteroatoms. The molecule has 0 spiro atoms. The molecule has 1 heterocycles. The summed E-state index contributed by atoms with van der Waals surface area (Å²) in [7, 11) is 1.91. The van der Waals surface area contributed by atoms with E-state index in [9.17, 15) is 0 Å². The number of aryl methyl sites for hydroxylation is 1. The highest BCUT2D eigenvalue weighted by Gasteiger charge is 2.48. The van der Waals surface area contributed by atoms with Crippen molar-refractivity contribution in [3.63, 3.8) is 0 Å². The van der Waals surface area contributed by atoms with Gasteiger partial charge in [0.1, 0.15) is 0 Å². The number of ether oxygens (including phenoxy) is 1. The smallest absolute Gasteiger partial charge is 0.0655 e. The SMILES string of the molecule is CCOC1CC(NCC(N)c2cnn(C)c2)C1(C)C. The highest BCUT2D eigenvalue weighted by molar-refractivity contribution is 5.11. The van der Waals surface area contributed by atoms with Crippen LogP contribution in [0.1, 0.15) is 38.8 Å². The van der Waals surface area contributed by atoms with Crippen molar-refractivity contribution >= 4 is 0 Å². The van der Waals surface area contributed by atoms with E-state index in [0.29, 0.717) is 12.1 Å². The maximum absolute atomic E-state index is 6.17. The van der Waals surface area contributed by atoms with Gasteiger partial charge in [-0.05, 0) is 13.3 Å². The van der Waals surface area contributed by atoms with Crippen molar-refractivity contribution in [3.05, 3.63) is 18.0 Å². The Morgan fingerprint density at radius 3 is 2.89 bits per heavy atom. The van der Waals surface area contributed by atoms with Crippen molar-refractivity contribution in [3.8, 4) is 0 Å². The molecule has 108 valence electrons. The van der Waals surface area contributed by atoms with Crippen LogP contribution >= 0.6 is 0 Å². The summed E-state index contributed by atoms with van der Waals surface area (Å²) in [5, 5.41) is 7.72. The molecule has 0 radical (unpaired) electrons. The molecule has 0 aliphatic heterocycles. The molecule has 0 aromatic carbocycles. The molecule has 1 aromatic heterocycles. The number of nitrogens with zero attached hydrogens (tertiary/aromatic N) is 2. The summed E-state index contributed by atoms with van der Waals surface area (Å²) in [5.74, 6) is 0. The maximum Gasteiger partial charge on any atom is 0.0655 e. The minimum atomic E-state index is -0.00403. The molecule has 5 nitrogen and oxygen atoms in total. The van der Waals surface area contributed by atoms with E-state index < -0.39 is 0 Å². The van der Waals surface area contributed by atoms with E-state index in [2.05, 4.69) is 31.2 Å². The zero-order chi connectivity index (χ0) is 14.0. The maximum atomic E-state index is 6.17. The highest BCUT2D eigenvalue weighted by atomic mass is 16.5. The van der Waals surface area contributed by atoms with Gasteiger partial charge in [0.25, 0.3) is 0 Å². The van der Waals surface area contributed by atoms with Gasteiger partial charge in [0.05, 0.1) is 12.3 Å². The monoisotopic (exact) mass is 266 g/mol. The average Bonchev–Trinajstić information content (AvgIpc) is 2.79. The van der Waals surface area contributed by atoms with E-state index in [4.69, 9.17) is 10.5 Å². The van der Waals surface area contributed by atoms with Gasteiger partial charge in [-0.3, -0.25) is 4.68 Å². The third-order valence-electron chi connectivity index (χ3n) is 4.28. The Balaban J connectivity index is 1.81. The van der Waals surface area contributed by atoms with E-state index in [-0.39, 0.29) is 11.5 Å². The van der Waals surface area contributed by atoms with Gasteiger partial charge in [-0.15, -0.1) is 0 Å². The fraction of sp³-hybridized carbons (Fsp3) is 0.786. The lowest BCUT2D eigenvalue weighted by Crippen LogP contribution is -2.61. The fourth-order valence-corrected chi connectivity index (χ4v) is 2.73. The number of rotatable bonds is 6. The second kappa shape index (κ2) is 5.61. The van der Waals surface area contributed by atoms with Crippen molar-refractivity contribution < 1.29 is 4.74 Å². The molecule has 0 amide bonds. The van der Waals surface area contributed by atoms with Gasteiger partial charge in [-0.25, -0.2) is 0 Å². The fourth-order valence-electron chi connectivity index (χ4n) is 2.73. The van der Waals surface area contributed by atoms with E-state index >= 15 is 0 Å². The second-order valence-electron chi connectivity index (χ2n) is 6.02. The molecule has 3 unspecified atom stereocenters. The van der Waals surface area contributed by atoms with Crippen molar-refractivity contribution in [1.29, 1.82) is 0 Å². The van der Waals surface area contributed by atoms with Gasteiger partial charge in [-0.1, -0.05) is 13.8 Å². The van der Waals surface area contributed by atoms with E-state index in [1.54, 1.807) is 4.68 Å². The lowest BCUT2D eigenvalue weighted by molar-refractivity contribution is -0.114. The van der Waals surface area contributed by atoms with Crippen LogP contribution in [0.15, 0.2) is 12.4 Å². The van der Waals surface area contributed by atoms with Gasteiger partial charge in [-0.2, -0.15) is 5.10 Å². The molecule has 1 aliphatic carbocycles. The average molecular weight is 266 g/mol. The van der Waals surface area contributed by atoms with Crippen LogP contribution in [0.25, 0.3) is 0 Å². The number of aromatic nitrogens is 2. The number of hydrogen-bond donors (Lipinski definition) is 2. The molecule has 0 bridgehead atoms. The molecular weight excluding hydrogens is 240 g/mol. The van der Waals surface area contributed by atoms with Gasteiger partial charge in [0.15, 0.2) is 0 Å². The minimum absolute atomic E-state index is 0.00403. The summed E-state index contributed by atoms with van der Waals surface area (Å²) in [6, 6.07) is 0.474. The molecular formula is C14H26N4O. The zero-order valence-corrected chi connectivity index (χ0v) is 12.4. The third kappa shape index (κ3) is 2.99. The van der Waals surface area contributed by atoms with Gasteiger partial charge >= 0.3 is 0 Å². The zero-order valence-electron chi connectivity index (χ0n) is 12.4. The second-order valence-corrected chi connectivity index (χ2v) is 6.02. The van der Waals surface area contributed by atoms with Crippen molar-refractivity contribution in [2.45, 2.75) is 45.4 Å². The summed E-state index contributed by atoms with van der Waals surface area (Å²) >= 11 is 0. The number of hydrogen-bond acceptors (Lipinski definition) is 4. The van der Waals surface area contributed by atoms with Crippen molar-refractivity contribution in [2.24, 2.45) is 18.2 Å². The lowest BCUT2D eigenvalue weighted by atomic mass is 9.64. The Labute approximate surface area is 115 Å². The van der Waals surface area contributed by atoms with Crippen LogP contribution in [0.5, 0.6) is 0 Å². The van der Waals surface area contributed by atoms with Crippen molar-refractivity contribution in [2.75, 3.05) is 13.2 Å². The quantitative estimate of drug-likeness (QED) is 0.812. The molecule has 1 aliphatic rings. The first-order valence-corrected chi connectivity index (χ1v) is 7.04. The Bertz CT molecular complexity index is 415. The molecule has 3 atom stereocenters. The normalized spacial score (nSPS) is 27.0. The van der Waals surface area contributed by atoms with Gasteiger partial charge in [0.2, 0.25) is 0 Å². The standard InChI is InChI=1S/C14H26N4O/c1-5-19-13-6-12(14(13,2)3)16-8-11(15)10-7-17-18(4)9-10/h7,9,11-13,16H,5-6,8,15H2,1-4H3. The Morgan fingerprint density at radius 1 is 1.63 bits per heavy atom. The van der Waals surface area contributed by atoms with E-state index in [1.807, 2.05) is 19.4 Å². The minimum Gasteiger partial charge on any atom is -0.378 e. The Morgan fingerprint density at radius 2 is 2.37 bits per heavy atom. The molecule has 1 fully saturated rings. The van der Waals surface area contributed by atoms with Crippen LogP contribution < -0.4 is 11.1 Å². The summed E-state index contributed by atoms with van der Waals surface area (Å²) in [5.41, 5.74) is 7.43. The van der Waals surface area contributed by atoms with Crippen LogP contribution in [-0.4, -0.2) is 35.1 Å². The van der Waals surface area contributed by atoms with Crippen LogP contribution in [0.2, 0.25) is 0 Å². The van der Waals surface area contributed by atoms with E-state index in [0.717, 1.165) is 25.1 Å². The Kier molecular flexibility index (Phi) is 4.28. The van der Waals surface area contributed by atoms with Crippen LogP contribution in [0.4, 0.5) is 0 Å². The predicted octanol–water partition coefficient (Wildman–Crippen LogP) is 1.21. The lowest BCUT2D eigenvalue weighted by Gasteiger charge is -2.52. The van der Waals surface area contributed by atoms with Crippen LogP contribution in [0.3, 0.4) is 0 Å². The first-order chi connectivity index (χ1) is 8.95. The van der Waals surface area contributed by atoms with Gasteiger partial charge < -0.3 is 15.8 Å². The van der Waals surface area contributed by atoms with Crippen LogP contribution in [0, 0.1) is 5.41 Å². The molecule has 3 N–H and O–H groups in total. The summed E-state index contributed by atoms with van der Waals surface area (Å²) < 4.78 is 7.52.